The Labute approximate surface area is 150 Å². The molecule has 0 atom stereocenters. The summed E-state index contributed by atoms with van der Waals surface area (Å²) in [6.07, 6.45) is 6.97. The van der Waals surface area contributed by atoms with Crippen molar-refractivity contribution < 1.29 is 9.59 Å². The number of rotatable bonds is 4. The summed E-state index contributed by atoms with van der Waals surface area (Å²) in [7, 11) is 0. The summed E-state index contributed by atoms with van der Waals surface area (Å²) in [5.41, 5.74) is 1.20. The van der Waals surface area contributed by atoms with Crippen molar-refractivity contribution in [3.05, 3.63) is 30.3 Å². The third-order valence-electron chi connectivity index (χ3n) is 5.29. The molecule has 1 saturated heterocycles. The van der Waals surface area contributed by atoms with Crippen molar-refractivity contribution in [2.24, 2.45) is 0 Å². The predicted molar refractivity (Wildman–Crippen MR) is 99.5 cm³/mol. The number of carbonyl (C=O) groups excluding carboxylic acids is 2. The molecule has 25 heavy (non-hydrogen) atoms. The first-order chi connectivity index (χ1) is 12.2. The van der Waals surface area contributed by atoms with E-state index in [0.717, 1.165) is 25.9 Å². The second-order valence-electron chi connectivity index (χ2n) is 7.14. The van der Waals surface area contributed by atoms with Crippen LogP contribution >= 0.6 is 0 Å². The van der Waals surface area contributed by atoms with Gasteiger partial charge in [-0.05, 0) is 25.0 Å². The van der Waals surface area contributed by atoms with E-state index < -0.39 is 0 Å². The van der Waals surface area contributed by atoms with Gasteiger partial charge in [0.2, 0.25) is 11.8 Å². The van der Waals surface area contributed by atoms with Crippen LogP contribution in [0.5, 0.6) is 0 Å². The standard InChI is InChI=1S/C20H29N3O2/c24-19(21-17-8-4-1-2-5-9-17)16-20(25)23-14-12-22(13-15-23)18-10-6-3-7-11-18/h3,6-7,10-11,17H,1-2,4-5,8-9,12-16H2,(H,21,24). The van der Waals surface area contributed by atoms with Gasteiger partial charge in [-0.2, -0.15) is 0 Å². The Kier molecular flexibility index (Phi) is 6.31. The summed E-state index contributed by atoms with van der Waals surface area (Å²) < 4.78 is 0. The van der Waals surface area contributed by atoms with Gasteiger partial charge in [0, 0.05) is 37.9 Å². The van der Waals surface area contributed by atoms with Crippen LogP contribution in [0, 0.1) is 0 Å². The summed E-state index contributed by atoms with van der Waals surface area (Å²) in [6, 6.07) is 10.5. The van der Waals surface area contributed by atoms with E-state index in [4.69, 9.17) is 0 Å². The molecule has 1 heterocycles. The van der Waals surface area contributed by atoms with Gasteiger partial charge in [0.05, 0.1) is 0 Å². The zero-order valence-electron chi connectivity index (χ0n) is 15.0. The fourth-order valence-corrected chi connectivity index (χ4v) is 3.80. The van der Waals surface area contributed by atoms with Gasteiger partial charge in [-0.3, -0.25) is 9.59 Å². The van der Waals surface area contributed by atoms with E-state index in [2.05, 4.69) is 22.3 Å². The van der Waals surface area contributed by atoms with Crippen LogP contribution in [0.1, 0.15) is 44.9 Å². The molecule has 136 valence electrons. The Hall–Kier alpha value is -2.04. The lowest BCUT2D eigenvalue weighted by Gasteiger charge is -2.36. The molecule has 1 N–H and O–H groups in total. The van der Waals surface area contributed by atoms with E-state index in [-0.39, 0.29) is 24.3 Å². The van der Waals surface area contributed by atoms with Gasteiger partial charge in [-0.1, -0.05) is 43.9 Å². The zero-order chi connectivity index (χ0) is 17.5. The molecule has 0 spiro atoms. The van der Waals surface area contributed by atoms with Crippen molar-refractivity contribution >= 4 is 17.5 Å². The Balaban J connectivity index is 1.42. The first kappa shape index (κ1) is 17.8. The topological polar surface area (TPSA) is 52.7 Å². The number of carbonyl (C=O) groups is 2. The molecule has 1 aliphatic carbocycles. The normalized spacial score (nSPS) is 19.4. The average molecular weight is 343 g/mol. The number of hydrogen-bond acceptors (Lipinski definition) is 3. The third-order valence-corrected chi connectivity index (χ3v) is 5.29. The van der Waals surface area contributed by atoms with E-state index in [9.17, 15) is 9.59 Å². The molecule has 2 amide bonds. The predicted octanol–water partition coefficient (Wildman–Crippen LogP) is 2.56. The van der Waals surface area contributed by atoms with Crippen LogP contribution in [0.2, 0.25) is 0 Å². The fourth-order valence-electron chi connectivity index (χ4n) is 3.80. The van der Waals surface area contributed by atoms with Crippen molar-refractivity contribution in [3.63, 3.8) is 0 Å². The Bertz CT molecular complexity index is 560. The highest BCUT2D eigenvalue weighted by Gasteiger charge is 2.24. The molecule has 3 rings (SSSR count). The summed E-state index contributed by atoms with van der Waals surface area (Å²) in [6.45, 7) is 3.01. The molecule has 1 aromatic carbocycles. The first-order valence-corrected chi connectivity index (χ1v) is 9.59. The summed E-state index contributed by atoms with van der Waals surface area (Å²) in [4.78, 5) is 28.7. The Morgan fingerprint density at radius 3 is 2.20 bits per heavy atom. The molecule has 0 unspecified atom stereocenters. The van der Waals surface area contributed by atoms with E-state index in [1.165, 1.54) is 31.4 Å². The number of hydrogen-bond donors (Lipinski definition) is 1. The molecule has 0 radical (unpaired) electrons. The van der Waals surface area contributed by atoms with Crippen molar-refractivity contribution in [1.29, 1.82) is 0 Å². The summed E-state index contributed by atoms with van der Waals surface area (Å²) in [5, 5.41) is 3.07. The van der Waals surface area contributed by atoms with Gasteiger partial charge in [0.1, 0.15) is 6.42 Å². The molecule has 2 aliphatic rings. The zero-order valence-corrected chi connectivity index (χ0v) is 15.0. The van der Waals surface area contributed by atoms with Gasteiger partial charge in [-0.15, -0.1) is 0 Å². The number of nitrogens with zero attached hydrogens (tertiary/aromatic N) is 2. The second-order valence-corrected chi connectivity index (χ2v) is 7.14. The molecule has 1 saturated carbocycles. The maximum atomic E-state index is 12.4. The SMILES string of the molecule is O=C(CC(=O)N1CCN(c2ccccc2)CC1)NC1CCCCCC1. The molecule has 5 heteroatoms. The van der Waals surface area contributed by atoms with Crippen molar-refractivity contribution in [3.8, 4) is 0 Å². The lowest BCUT2D eigenvalue weighted by molar-refractivity contribution is -0.136. The van der Waals surface area contributed by atoms with E-state index in [1.807, 2.05) is 23.1 Å². The van der Waals surface area contributed by atoms with Crippen LogP contribution in [0.3, 0.4) is 0 Å². The highest BCUT2D eigenvalue weighted by atomic mass is 16.2. The number of amides is 2. The number of nitrogens with one attached hydrogen (secondary N) is 1. The maximum Gasteiger partial charge on any atom is 0.232 e. The molecule has 0 bridgehead atoms. The molecular formula is C20H29N3O2. The monoisotopic (exact) mass is 343 g/mol. The van der Waals surface area contributed by atoms with Gasteiger partial charge in [0.15, 0.2) is 0 Å². The summed E-state index contributed by atoms with van der Waals surface area (Å²) >= 11 is 0. The molecule has 5 nitrogen and oxygen atoms in total. The van der Waals surface area contributed by atoms with Crippen molar-refractivity contribution in [2.45, 2.75) is 51.0 Å². The van der Waals surface area contributed by atoms with Gasteiger partial charge in [0.25, 0.3) is 0 Å². The van der Waals surface area contributed by atoms with E-state index in [0.29, 0.717) is 13.1 Å². The third kappa shape index (κ3) is 5.21. The maximum absolute atomic E-state index is 12.4. The number of anilines is 1. The van der Waals surface area contributed by atoms with E-state index in [1.54, 1.807) is 0 Å². The minimum absolute atomic E-state index is 0.0121. The van der Waals surface area contributed by atoms with Crippen molar-refractivity contribution in [2.75, 3.05) is 31.1 Å². The molecular weight excluding hydrogens is 314 g/mol. The second kappa shape index (κ2) is 8.88. The Morgan fingerprint density at radius 2 is 1.56 bits per heavy atom. The highest BCUT2D eigenvalue weighted by molar-refractivity contribution is 5.97. The molecule has 0 aromatic heterocycles. The minimum Gasteiger partial charge on any atom is -0.368 e. The van der Waals surface area contributed by atoms with Gasteiger partial charge >= 0.3 is 0 Å². The van der Waals surface area contributed by atoms with E-state index >= 15 is 0 Å². The van der Waals surface area contributed by atoms with Crippen LogP contribution in [0.4, 0.5) is 5.69 Å². The smallest absolute Gasteiger partial charge is 0.232 e. The quantitative estimate of drug-likeness (QED) is 0.675. The lowest BCUT2D eigenvalue weighted by Crippen LogP contribution is -2.50. The molecule has 1 aromatic rings. The van der Waals surface area contributed by atoms with Crippen molar-refractivity contribution in [1.82, 2.24) is 10.2 Å². The minimum atomic E-state index is -0.109. The number of para-hydroxylation sites is 1. The molecule has 2 fully saturated rings. The van der Waals surface area contributed by atoms with Crippen LogP contribution in [-0.4, -0.2) is 48.9 Å². The Morgan fingerprint density at radius 1 is 0.920 bits per heavy atom. The number of piperazine rings is 1. The lowest BCUT2D eigenvalue weighted by atomic mass is 10.1. The summed E-state index contributed by atoms with van der Waals surface area (Å²) in [5.74, 6) is -0.152. The fraction of sp³-hybridized carbons (Fsp3) is 0.600. The van der Waals surface area contributed by atoms with Gasteiger partial charge in [-0.25, -0.2) is 0 Å². The van der Waals surface area contributed by atoms with Crippen LogP contribution in [-0.2, 0) is 9.59 Å². The van der Waals surface area contributed by atoms with Crippen LogP contribution in [0.15, 0.2) is 30.3 Å². The first-order valence-electron chi connectivity index (χ1n) is 9.59. The largest absolute Gasteiger partial charge is 0.368 e. The van der Waals surface area contributed by atoms with Gasteiger partial charge < -0.3 is 15.1 Å². The highest BCUT2D eigenvalue weighted by Crippen LogP contribution is 2.18. The average Bonchev–Trinajstić information content (AvgIpc) is 2.91. The molecule has 1 aliphatic heterocycles. The van der Waals surface area contributed by atoms with Crippen LogP contribution in [0.25, 0.3) is 0 Å². The van der Waals surface area contributed by atoms with Crippen LogP contribution < -0.4 is 10.2 Å². The number of benzene rings is 1.